The first-order valence-electron chi connectivity index (χ1n) is 7.72. The maximum absolute atomic E-state index is 14.4. The highest BCUT2D eigenvalue weighted by atomic mass is 19.1. The molecule has 24 heavy (non-hydrogen) atoms. The Morgan fingerprint density at radius 3 is 2.00 bits per heavy atom. The Morgan fingerprint density at radius 1 is 0.917 bits per heavy atom. The van der Waals surface area contributed by atoms with Gasteiger partial charge in [0.05, 0.1) is 11.7 Å². The summed E-state index contributed by atoms with van der Waals surface area (Å²) in [5.74, 6) is -3.49. The third kappa shape index (κ3) is 3.20. The lowest BCUT2D eigenvalue weighted by Crippen LogP contribution is -2.19. The monoisotopic (exact) mass is 334 g/mol. The molecule has 1 saturated heterocycles. The van der Waals surface area contributed by atoms with Gasteiger partial charge in [-0.3, -0.25) is 0 Å². The van der Waals surface area contributed by atoms with Gasteiger partial charge in [-0.15, -0.1) is 0 Å². The first kappa shape index (κ1) is 17.0. The summed E-state index contributed by atoms with van der Waals surface area (Å²) in [6.45, 7) is 2.58. The van der Waals surface area contributed by atoms with Crippen molar-refractivity contribution in [2.24, 2.45) is 5.92 Å². The van der Waals surface area contributed by atoms with E-state index in [9.17, 15) is 17.6 Å². The molecule has 1 nitrogen and oxygen atoms in total. The lowest BCUT2D eigenvalue weighted by atomic mass is 9.90. The molecule has 0 bridgehead atoms. The van der Waals surface area contributed by atoms with Crippen molar-refractivity contribution in [3.8, 4) is 11.1 Å². The summed E-state index contributed by atoms with van der Waals surface area (Å²) >= 11 is 0. The molecular formula is C18H15BF4O. The molecule has 0 saturated carbocycles. The molecule has 2 aromatic rings. The van der Waals surface area contributed by atoms with Crippen LogP contribution < -0.4 is 5.46 Å². The van der Waals surface area contributed by atoms with E-state index < -0.39 is 34.3 Å². The van der Waals surface area contributed by atoms with Crippen LogP contribution in [0, 0.1) is 29.2 Å². The van der Waals surface area contributed by atoms with Gasteiger partial charge in [0, 0.05) is 6.61 Å². The van der Waals surface area contributed by atoms with E-state index in [1.54, 1.807) is 0 Å². The van der Waals surface area contributed by atoms with Gasteiger partial charge < -0.3 is 4.74 Å². The molecule has 6 heteroatoms. The maximum Gasteiger partial charge on any atom is 0.134 e. The van der Waals surface area contributed by atoms with E-state index in [1.165, 1.54) is 0 Å². The fraction of sp³-hybridized carbons (Fsp3) is 0.333. The van der Waals surface area contributed by atoms with Crippen LogP contribution >= 0.6 is 0 Å². The molecule has 1 aliphatic rings. The Bertz CT molecular complexity index is 724. The van der Waals surface area contributed by atoms with Crippen LogP contribution in [0.5, 0.6) is 0 Å². The molecule has 1 heterocycles. The average molecular weight is 334 g/mol. The Hall–Kier alpha value is -1.82. The SMILES string of the molecule is [B]c1c(F)cc(-c2c(F)cc(C3CCC(C)CO3)cc2F)cc1F. The highest BCUT2D eigenvalue weighted by Gasteiger charge is 2.24. The minimum absolute atomic E-state index is 0.237. The van der Waals surface area contributed by atoms with Crippen LogP contribution in [0.1, 0.15) is 31.4 Å². The largest absolute Gasteiger partial charge is 0.373 e. The maximum atomic E-state index is 14.4. The van der Waals surface area contributed by atoms with Gasteiger partial charge in [-0.25, -0.2) is 17.6 Å². The van der Waals surface area contributed by atoms with E-state index in [-0.39, 0.29) is 11.7 Å². The van der Waals surface area contributed by atoms with Gasteiger partial charge in [0.1, 0.15) is 31.1 Å². The van der Waals surface area contributed by atoms with Crippen molar-refractivity contribution in [3.63, 3.8) is 0 Å². The van der Waals surface area contributed by atoms with Gasteiger partial charge in [0.25, 0.3) is 0 Å². The standard InChI is InChI=1S/C18H15BF4O/c1-9-2-3-16(24-8-9)10-4-12(20)17(13(21)5-10)11-6-14(22)18(19)15(23)7-11/h4-7,9,16H,2-3,8H2,1H3. The fourth-order valence-corrected chi connectivity index (χ4v) is 2.93. The van der Waals surface area contributed by atoms with Crippen molar-refractivity contribution in [1.29, 1.82) is 0 Å². The van der Waals surface area contributed by atoms with Crippen molar-refractivity contribution in [1.82, 2.24) is 0 Å². The first-order chi connectivity index (χ1) is 11.4. The zero-order valence-corrected chi connectivity index (χ0v) is 13.1. The molecule has 0 N–H and O–H groups in total. The molecule has 1 aliphatic heterocycles. The lowest BCUT2D eigenvalue weighted by molar-refractivity contribution is -0.0126. The van der Waals surface area contributed by atoms with Crippen molar-refractivity contribution in [2.45, 2.75) is 25.9 Å². The van der Waals surface area contributed by atoms with Gasteiger partial charge >= 0.3 is 0 Å². The third-order valence-corrected chi connectivity index (χ3v) is 4.31. The third-order valence-electron chi connectivity index (χ3n) is 4.31. The van der Waals surface area contributed by atoms with Crippen LogP contribution in [0.25, 0.3) is 11.1 Å². The number of rotatable bonds is 2. The second kappa shape index (κ2) is 6.59. The normalized spacial score (nSPS) is 21.0. The highest BCUT2D eigenvalue weighted by molar-refractivity contribution is 6.32. The topological polar surface area (TPSA) is 9.23 Å². The molecule has 124 valence electrons. The van der Waals surface area contributed by atoms with Gasteiger partial charge in [-0.1, -0.05) is 6.92 Å². The van der Waals surface area contributed by atoms with Gasteiger partial charge in [0.15, 0.2) is 0 Å². The Morgan fingerprint density at radius 2 is 1.50 bits per heavy atom. The smallest absolute Gasteiger partial charge is 0.134 e. The summed E-state index contributed by atoms with van der Waals surface area (Å²) in [5.41, 5.74) is -1.02. The molecule has 0 aliphatic carbocycles. The van der Waals surface area contributed by atoms with E-state index in [0.717, 1.165) is 30.7 Å². The minimum Gasteiger partial charge on any atom is -0.373 e. The highest BCUT2D eigenvalue weighted by Crippen LogP contribution is 2.34. The lowest BCUT2D eigenvalue weighted by Gasteiger charge is -2.27. The Labute approximate surface area is 139 Å². The van der Waals surface area contributed by atoms with Gasteiger partial charge in [-0.2, -0.15) is 0 Å². The molecule has 2 unspecified atom stereocenters. The summed E-state index contributed by atoms with van der Waals surface area (Å²) in [6.07, 6.45) is 1.20. The fourth-order valence-electron chi connectivity index (χ4n) is 2.93. The quantitative estimate of drug-likeness (QED) is 0.591. The van der Waals surface area contributed by atoms with E-state index in [0.29, 0.717) is 24.5 Å². The van der Waals surface area contributed by atoms with Crippen LogP contribution in [0.3, 0.4) is 0 Å². The number of benzene rings is 2. The Kier molecular flexibility index (Phi) is 4.68. The summed E-state index contributed by atoms with van der Waals surface area (Å²) in [7, 11) is 5.18. The van der Waals surface area contributed by atoms with E-state index in [2.05, 4.69) is 0 Å². The summed E-state index contributed by atoms with van der Waals surface area (Å²) in [4.78, 5) is 0. The summed E-state index contributed by atoms with van der Waals surface area (Å²) in [6, 6.07) is 3.95. The predicted molar refractivity (Wildman–Crippen MR) is 84.2 cm³/mol. The van der Waals surface area contributed by atoms with Crippen LogP contribution in [-0.2, 0) is 4.74 Å². The molecule has 2 radical (unpaired) electrons. The van der Waals surface area contributed by atoms with Crippen LogP contribution in [-0.4, -0.2) is 14.5 Å². The van der Waals surface area contributed by atoms with Crippen LogP contribution in [0.15, 0.2) is 24.3 Å². The van der Waals surface area contributed by atoms with Crippen molar-refractivity contribution >= 4 is 13.3 Å². The molecular weight excluding hydrogens is 319 g/mol. The molecule has 3 rings (SSSR count). The second-order valence-electron chi connectivity index (χ2n) is 6.22. The number of halogens is 4. The van der Waals surface area contributed by atoms with E-state index in [1.807, 2.05) is 6.92 Å². The Balaban J connectivity index is 1.99. The minimum atomic E-state index is -1.06. The van der Waals surface area contributed by atoms with Crippen molar-refractivity contribution in [3.05, 3.63) is 53.1 Å². The number of ether oxygens (including phenoxy) is 1. The molecule has 1 fully saturated rings. The summed E-state index contributed by atoms with van der Waals surface area (Å²) in [5, 5.41) is 0. The average Bonchev–Trinajstić information content (AvgIpc) is 2.52. The van der Waals surface area contributed by atoms with Crippen molar-refractivity contribution < 1.29 is 22.3 Å². The number of hydrogen-bond donors (Lipinski definition) is 0. The van der Waals surface area contributed by atoms with Gasteiger partial charge in [0.2, 0.25) is 0 Å². The first-order valence-corrected chi connectivity index (χ1v) is 7.72. The van der Waals surface area contributed by atoms with Crippen molar-refractivity contribution in [2.75, 3.05) is 6.61 Å². The predicted octanol–water partition coefficient (Wildman–Crippen LogP) is 4.19. The van der Waals surface area contributed by atoms with E-state index >= 15 is 0 Å². The summed E-state index contributed by atoms with van der Waals surface area (Å²) < 4.78 is 61.6. The van der Waals surface area contributed by atoms with Crippen LogP contribution in [0.4, 0.5) is 17.6 Å². The molecule has 2 aromatic carbocycles. The second-order valence-corrected chi connectivity index (χ2v) is 6.22. The molecule has 0 aromatic heterocycles. The zero-order chi connectivity index (χ0) is 17.4. The van der Waals surface area contributed by atoms with Gasteiger partial charge in [-0.05, 0) is 59.6 Å². The molecule has 2 atom stereocenters. The van der Waals surface area contributed by atoms with Crippen LogP contribution in [0.2, 0.25) is 0 Å². The van der Waals surface area contributed by atoms with E-state index in [4.69, 9.17) is 12.6 Å². The number of hydrogen-bond acceptors (Lipinski definition) is 1. The zero-order valence-electron chi connectivity index (χ0n) is 13.1. The molecule has 0 spiro atoms. The molecule has 0 amide bonds.